The molecule has 19 heavy (non-hydrogen) atoms. The van der Waals surface area contributed by atoms with Crippen molar-refractivity contribution in [2.24, 2.45) is 0 Å². The van der Waals surface area contributed by atoms with Crippen molar-refractivity contribution in [3.63, 3.8) is 0 Å². The number of aromatic nitrogens is 1. The number of hydrogen-bond acceptors (Lipinski definition) is 5. The van der Waals surface area contributed by atoms with E-state index in [4.69, 9.17) is 16.3 Å². The lowest BCUT2D eigenvalue weighted by Crippen LogP contribution is -2.41. The molecule has 0 aliphatic heterocycles. The highest BCUT2D eigenvalue weighted by Gasteiger charge is 2.29. The fourth-order valence-corrected chi connectivity index (χ4v) is 2.55. The van der Waals surface area contributed by atoms with Gasteiger partial charge in [-0.2, -0.15) is 0 Å². The van der Waals surface area contributed by atoms with E-state index in [1.165, 1.54) is 11.8 Å². The molecule has 6 heteroatoms. The number of nitrogens with zero attached hydrogens (tertiary/aromatic N) is 1. The molecule has 1 aromatic heterocycles. The third-order valence-corrected chi connectivity index (χ3v) is 3.94. The van der Waals surface area contributed by atoms with E-state index >= 15 is 0 Å². The Bertz CT molecular complexity index is 423. The van der Waals surface area contributed by atoms with Gasteiger partial charge in [-0.05, 0) is 31.9 Å². The van der Waals surface area contributed by atoms with E-state index in [0.29, 0.717) is 23.4 Å². The molecule has 1 unspecified atom stereocenters. The second kappa shape index (κ2) is 7.12. The number of rotatable bonds is 7. The van der Waals surface area contributed by atoms with Crippen LogP contribution in [0.25, 0.3) is 0 Å². The van der Waals surface area contributed by atoms with Gasteiger partial charge in [0.1, 0.15) is 6.04 Å². The smallest absolute Gasteiger partial charge is 0.324 e. The van der Waals surface area contributed by atoms with Gasteiger partial charge < -0.3 is 10.1 Å². The van der Waals surface area contributed by atoms with Gasteiger partial charge in [0.05, 0.1) is 16.7 Å². The lowest BCUT2D eigenvalue weighted by molar-refractivity contribution is -0.145. The van der Waals surface area contributed by atoms with E-state index in [-0.39, 0.29) is 12.0 Å². The summed E-state index contributed by atoms with van der Waals surface area (Å²) in [6.45, 7) is 2.23. The molecule has 1 atom stereocenters. The lowest BCUT2D eigenvalue weighted by atomic mass is 10.3. The summed E-state index contributed by atoms with van der Waals surface area (Å²) in [5.74, 6) is 0.431. The minimum atomic E-state index is -0.269. The van der Waals surface area contributed by atoms with Gasteiger partial charge in [0.2, 0.25) is 0 Å². The number of thioether (sulfide) groups is 1. The van der Waals surface area contributed by atoms with E-state index in [0.717, 1.165) is 17.9 Å². The largest absolute Gasteiger partial charge is 0.465 e. The van der Waals surface area contributed by atoms with Gasteiger partial charge in [-0.1, -0.05) is 11.6 Å². The zero-order valence-electron chi connectivity index (χ0n) is 10.8. The van der Waals surface area contributed by atoms with Gasteiger partial charge in [0, 0.05) is 18.0 Å². The van der Waals surface area contributed by atoms with Crippen molar-refractivity contribution in [2.45, 2.75) is 36.9 Å². The zero-order valence-corrected chi connectivity index (χ0v) is 12.3. The van der Waals surface area contributed by atoms with Crippen molar-refractivity contribution >= 4 is 29.3 Å². The van der Waals surface area contributed by atoms with Crippen LogP contribution in [0.5, 0.6) is 0 Å². The molecule has 0 amide bonds. The van der Waals surface area contributed by atoms with Crippen LogP contribution in [0.1, 0.15) is 19.8 Å². The van der Waals surface area contributed by atoms with Crippen LogP contribution in [0.15, 0.2) is 23.4 Å². The first kappa shape index (κ1) is 14.6. The quantitative estimate of drug-likeness (QED) is 0.619. The normalized spacial score (nSPS) is 16.1. The summed E-state index contributed by atoms with van der Waals surface area (Å²) in [5.41, 5.74) is 0. The SMILES string of the molecule is CCOC(=O)C(CSc1ccc(Cl)cn1)NC1CC1. The Morgan fingerprint density at radius 2 is 2.42 bits per heavy atom. The summed E-state index contributed by atoms with van der Waals surface area (Å²) >= 11 is 7.31. The number of pyridine rings is 1. The molecule has 0 bridgehead atoms. The maximum absolute atomic E-state index is 11.8. The maximum atomic E-state index is 11.8. The number of carbonyl (C=O) groups is 1. The first-order valence-corrected chi connectivity index (χ1v) is 7.72. The highest BCUT2D eigenvalue weighted by Crippen LogP contribution is 2.23. The van der Waals surface area contributed by atoms with Crippen molar-refractivity contribution in [2.75, 3.05) is 12.4 Å². The average molecular weight is 301 g/mol. The summed E-state index contributed by atoms with van der Waals surface area (Å²) in [6, 6.07) is 3.85. The zero-order chi connectivity index (χ0) is 13.7. The van der Waals surface area contributed by atoms with Gasteiger partial charge in [-0.25, -0.2) is 4.98 Å². The molecule has 1 aliphatic carbocycles. The van der Waals surface area contributed by atoms with E-state index in [9.17, 15) is 4.79 Å². The molecule has 104 valence electrons. The molecule has 1 fully saturated rings. The standard InChI is InChI=1S/C13H17ClN2O2S/c1-2-18-13(17)11(16-10-4-5-10)8-19-12-6-3-9(14)7-15-12/h3,6-7,10-11,16H,2,4-5,8H2,1H3. The molecule has 0 radical (unpaired) electrons. The van der Waals surface area contributed by atoms with E-state index in [1.54, 1.807) is 12.3 Å². The summed E-state index contributed by atoms with van der Waals surface area (Å²) in [7, 11) is 0. The molecule has 1 aromatic rings. The van der Waals surface area contributed by atoms with Crippen molar-refractivity contribution < 1.29 is 9.53 Å². The highest BCUT2D eigenvalue weighted by atomic mass is 35.5. The van der Waals surface area contributed by atoms with E-state index < -0.39 is 0 Å². The Morgan fingerprint density at radius 3 is 3.00 bits per heavy atom. The van der Waals surface area contributed by atoms with Crippen LogP contribution in [-0.2, 0) is 9.53 Å². The molecular weight excluding hydrogens is 284 g/mol. The lowest BCUT2D eigenvalue weighted by Gasteiger charge is -2.16. The van der Waals surface area contributed by atoms with Gasteiger partial charge in [-0.15, -0.1) is 11.8 Å². The molecular formula is C13H17ClN2O2S. The monoisotopic (exact) mass is 300 g/mol. The van der Waals surface area contributed by atoms with Crippen LogP contribution in [0.2, 0.25) is 5.02 Å². The molecule has 1 N–H and O–H groups in total. The highest BCUT2D eigenvalue weighted by molar-refractivity contribution is 7.99. The molecule has 4 nitrogen and oxygen atoms in total. The number of nitrogens with one attached hydrogen (secondary N) is 1. The number of hydrogen-bond donors (Lipinski definition) is 1. The second-order valence-electron chi connectivity index (χ2n) is 4.37. The second-order valence-corrected chi connectivity index (χ2v) is 5.85. The third kappa shape index (κ3) is 5.01. The molecule has 2 rings (SSSR count). The summed E-state index contributed by atoms with van der Waals surface area (Å²) in [4.78, 5) is 16.0. The van der Waals surface area contributed by atoms with Crippen LogP contribution in [0, 0.1) is 0 Å². The van der Waals surface area contributed by atoms with Gasteiger partial charge in [0.25, 0.3) is 0 Å². The molecule has 0 aromatic carbocycles. The fraction of sp³-hybridized carbons (Fsp3) is 0.538. The predicted octanol–water partition coefficient (Wildman–Crippen LogP) is 2.51. The number of carbonyl (C=O) groups excluding carboxylic acids is 1. The molecule has 1 heterocycles. The Balaban J connectivity index is 1.87. The van der Waals surface area contributed by atoms with Crippen LogP contribution >= 0.6 is 23.4 Å². The topological polar surface area (TPSA) is 51.2 Å². The Morgan fingerprint density at radius 1 is 1.63 bits per heavy atom. The van der Waals surface area contributed by atoms with Crippen molar-refractivity contribution in [1.29, 1.82) is 0 Å². The van der Waals surface area contributed by atoms with Crippen molar-refractivity contribution in [3.8, 4) is 0 Å². The Hall–Kier alpha value is -0.780. The molecule has 0 spiro atoms. The number of esters is 1. The van der Waals surface area contributed by atoms with E-state index in [1.807, 2.05) is 13.0 Å². The number of ether oxygens (including phenoxy) is 1. The molecule has 0 saturated heterocycles. The number of halogens is 1. The minimum absolute atomic E-state index is 0.184. The molecule has 1 saturated carbocycles. The predicted molar refractivity (Wildman–Crippen MR) is 76.5 cm³/mol. The van der Waals surface area contributed by atoms with Gasteiger partial charge >= 0.3 is 5.97 Å². The fourth-order valence-electron chi connectivity index (χ4n) is 1.58. The maximum Gasteiger partial charge on any atom is 0.324 e. The minimum Gasteiger partial charge on any atom is -0.465 e. The average Bonchev–Trinajstić information content (AvgIpc) is 3.20. The summed E-state index contributed by atoms with van der Waals surface area (Å²) < 4.78 is 5.08. The van der Waals surface area contributed by atoms with Crippen LogP contribution in [-0.4, -0.2) is 35.4 Å². The van der Waals surface area contributed by atoms with Gasteiger partial charge in [-0.3, -0.25) is 4.79 Å². The van der Waals surface area contributed by atoms with Crippen LogP contribution in [0.4, 0.5) is 0 Å². The third-order valence-electron chi connectivity index (χ3n) is 2.68. The molecule has 1 aliphatic rings. The summed E-state index contributed by atoms with van der Waals surface area (Å²) in [6.07, 6.45) is 3.89. The van der Waals surface area contributed by atoms with Gasteiger partial charge in [0.15, 0.2) is 0 Å². The van der Waals surface area contributed by atoms with Crippen LogP contribution < -0.4 is 5.32 Å². The Kier molecular flexibility index (Phi) is 5.48. The summed E-state index contributed by atoms with van der Waals surface area (Å²) in [5, 5.41) is 4.78. The van der Waals surface area contributed by atoms with Crippen molar-refractivity contribution in [1.82, 2.24) is 10.3 Å². The first-order chi connectivity index (χ1) is 9.19. The Labute approximate surface area is 122 Å². The van der Waals surface area contributed by atoms with Crippen LogP contribution in [0.3, 0.4) is 0 Å². The van der Waals surface area contributed by atoms with E-state index in [2.05, 4.69) is 10.3 Å². The van der Waals surface area contributed by atoms with Crippen molar-refractivity contribution in [3.05, 3.63) is 23.4 Å². The first-order valence-electron chi connectivity index (χ1n) is 6.36.